The molecule has 0 saturated heterocycles. The number of carbonyl (C=O) groups excluding carboxylic acids is 1. The molecule has 5 nitrogen and oxygen atoms in total. The highest BCUT2D eigenvalue weighted by Gasteiger charge is 2.40. The summed E-state index contributed by atoms with van der Waals surface area (Å²) in [6.45, 7) is 0.938. The Morgan fingerprint density at radius 2 is 2.17 bits per heavy atom. The molecule has 3 N–H and O–H groups in total. The lowest BCUT2D eigenvalue weighted by Crippen LogP contribution is -2.22. The van der Waals surface area contributed by atoms with Crippen LogP contribution in [0, 0.1) is 5.92 Å². The number of H-pyrrole nitrogens is 1. The molecule has 1 fully saturated rings. The van der Waals surface area contributed by atoms with Gasteiger partial charge in [-0.3, -0.25) is 14.6 Å². The normalized spacial score (nSPS) is 21.7. The van der Waals surface area contributed by atoms with E-state index in [4.69, 9.17) is 5.73 Å². The number of pyridine rings is 2. The number of carbonyl (C=O) groups is 1. The number of nitrogens with two attached hydrogens (primary N) is 1. The Kier molecular flexibility index (Phi) is 3.66. The van der Waals surface area contributed by atoms with Crippen molar-refractivity contribution in [1.29, 1.82) is 0 Å². The number of alkyl halides is 2. The Morgan fingerprint density at radius 3 is 2.78 bits per heavy atom. The van der Waals surface area contributed by atoms with Gasteiger partial charge in [0, 0.05) is 23.9 Å². The molecule has 0 radical (unpaired) electrons. The molecular formula is C16H17F2N3O2. The minimum atomic E-state index is -2.71. The van der Waals surface area contributed by atoms with E-state index in [1.165, 1.54) is 12.3 Å². The van der Waals surface area contributed by atoms with Crippen LogP contribution in [0.5, 0.6) is 0 Å². The van der Waals surface area contributed by atoms with E-state index in [2.05, 4.69) is 9.97 Å². The first-order valence-corrected chi connectivity index (χ1v) is 7.47. The van der Waals surface area contributed by atoms with Crippen molar-refractivity contribution < 1.29 is 13.6 Å². The van der Waals surface area contributed by atoms with Gasteiger partial charge in [0.15, 0.2) is 5.43 Å². The number of amides is 1. The Morgan fingerprint density at radius 1 is 1.43 bits per heavy atom. The first-order valence-electron chi connectivity index (χ1n) is 7.47. The van der Waals surface area contributed by atoms with Crippen molar-refractivity contribution in [2.24, 2.45) is 11.7 Å². The topological polar surface area (TPSA) is 88.8 Å². The summed E-state index contributed by atoms with van der Waals surface area (Å²) in [6.07, 6.45) is 2.75. The minimum Gasteiger partial charge on any atom is -0.364 e. The molecular weight excluding hydrogens is 304 g/mol. The number of aromatic amines is 1. The van der Waals surface area contributed by atoms with E-state index in [1.54, 1.807) is 6.07 Å². The van der Waals surface area contributed by atoms with E-state index >= 15 is 0 Å². The van der Waals surface area contributed by atoms with Crippen molar-refractivity contribution in [3.8, 4) is 0 Å². The van der Waals surface area contributed by atoms with E-state index in [0.29, 0.717) is 30.5 Å². The van der Waals surface area contributed by atoms with Crippen LogP contribution in [-0.2, 0) is 0 Å². The molecule has 23 heavy (non-hydrogen) atoms. The smallest absolute Gasteiger partial charge is 0.268 e. The molecule has 0 aromatic carbocycles. The van der Waals surface area contributed by atoms with Crippen molar-refractivity contribution in [3.63, 3.8) is 0 Å². The number of primary amides is 1. The van der Waals surface area contributed by atoms with E-state index in [9.17, 15) is 18.4 Å². The fourth-order valence-corrected chi connectivity index (χ4v) is 3.35. The van der Waals surface area contributed by atoms with Crippen molar-refractivity contribution in [3.05, 3.63) is 39.9 Å². The highest BCUT2D eigenvalue weighted by molar-refractivity contribution is 6.03. The molecule has 0 unspecified atom stereocenters. The summed E-state index contributed by atoms with van der Waals surface area (Å²) in [7, 11) is 0. The van der Waals surface area contributed by atoms with Gasteiger partial charge in [-0.05, 0) is 38.2 Å². The number of rotatable bonds is 3. The number of hydrogen-bond donors (Lipinski definition) is 2. The van der Waals surface area contributed by atoms with E-state index < -0.39 is 17.7 Å². The van der Waals surface area contributed by atoms with Gasteiger partial charge >= 0.3 is 0 Å². The van der Waals surface area contributed by atoms with Gasteiger partial charge in [-0.25, -0.2) is 8.78 Å². The predicted octanol–water partition coefficient (Wildman–Crippen LogP) is 2.56. The van der Waals surface area contributed by atoms with Crippen LogP contribution < -0.4 is 11.2 Å². The average Bonchev–Trinajstić information content (AvgIpc) is 2.96. The molecule has 0 spiro atoms. The lowest BCUT2D eigenvalue weighted by Gasteiger charge is -2.18. The predicted molar refractivity (Wildman–Crippen MR) is 81.6 cm³/mol. The molecule has 3 rings (SSSR count). The number of fused-ring (bicyclic) bond motifs is 1. The lowest BCUT2D eigenvalue weighted by atomic mass is 9.97. The maximum atomic E-state index is 13.5. The van der Waals surface area contributed by atoms with E-state index in [0.717, 1.165) is 6.92 Å². The molecule has 1 amide bonds. The summed E-state index contributed by atoms with van der Waals surface area (Å²) < 4.78 is 26.9. The zero-order valence-corrected chi connectivity index (χ0v) is 12.6. The number of aromatic nitrogens is 2. The van der Waals surface area contributed by atoms with Crippen molar-refractivity contribution >= 4 is 16.8 Å². The summed E-state index contributed by atoms with van der Waals surface area (Å²) in [5, 5.41) is 0.138. The Bertz CT molecular complexity index is 826. The zero-order chi connectivity index (χ0) is 16.8. The highest BCUT2D eigenvalue weighted by Crippen LogP contribution is 2.44. The van der Waals surface area contributed by atoms with Crippen molar-refractivity contribution in [2.75, 3.05) is 0 Å². The summed E-state index contributed by atoms with van der Waals surface area (Å²) in [6, 6.07) is 2.95. The lowest BCUT2D eigenvalue weighted by molar-refractivity contribution is -0.0372. The van der Waals surface area contributed by atoms with Gasteiger partial charge in [-0.1, -0.05) is 0 Å². The van der Waals surface area contributed by atoms with Gasteiger partial charge in [-0.2, -0.15) is 0 Å². The molecule has 2 aromatic rings. The van der Waals surface area contributed by atoms with Gasteiger partial charge in [-0.15, -0.1) is 0 Å². The van der Waals surface area contributed by atoms with Gasteiger partial charge < -0.3 is 10.7 Å². The molecule has 7 heteroatoms. The molecule has 2 atom stereocenters. The van der Waals surface area contributed by atoms with Crippen LogP contribution in [0.15, 0.2) is 23.1 Å². The van der Waals surface area contributed by atoms with E-state index in [1.807, 2.05) is 0 Å². The van der Waals surface area contributed by atoms with Gasteiger partial charge in [0.1, 0.15) is 5.69 Å². The standard InChI is InChI=1S/C16H17F2N3O2/c1-16(17,18)9-3-2-8(6-9)11-7-12(22)13-10(21-11)4-5-20-14(13)15(19)23/h4-5,7-9H,2-3,6H2,1H3,(H2,19,23)(H,21,22)/t8-,9+/m0/s1. The van der Waals surface area contributed by atoms with Crippen molar-refractivity contribution in [1.82, 2.24) is 9.97 Å². The van der Waals surface area contributed by atoms with Crippen LogP contribution in [0.25, 0.3) is 10.9 Å². The maximum absolute atomic E-state index is 13.5. The maximum Gasteiger partial charge on any atom is 0.268 e. The first-order chi connectivity index (χ1) is 10.8. The second-order valence-electron chi connectivity index (χ2n) is 6.20. The largest absolute Gasteiger partial charge is 0.364 e. The fraction of sp³-hybridized carbons (Fsp3) is 0.438. The fourth-order valence-electron chi connectivity index (χ4n) is 3.35. The quantitative estimate of drug-likeness (QED) is 0.910. The van der Waals surface area contributed by atoms with Crippen LogP contribution in [0.1, 0.15) is 48.3 Å². The zero-order valence-electron chi connectivity index (χ0n) is 12.6. The molecule has 2 aromatic heterocycles. The van der Waals surface area contributed by atoms with Crippen LogP contribution in [0.2, 0.25) is 0 Å². The second-order valence-corrected chi connectivity index (χ2v) is 6.20. The molecule has 1 saturated carbocycles. The van der Waals surface area contributed by atoms with E-state index in [-0.39, 0.29) is 22.4 Å². The number of hydrogen-bond acceptors (Lipinski definition) is 3. The monoisotopic (exact) mass is 321 g/mol. The molecule has 0 aliphatic heterocycles. The minimum absolute atomic E-state index is 0.0836. The molecule has 1 aliphatic rings. The third-order valence-corrected chi connectivity index (χ3v) is 4.59. The summed E-state index contributed by atoms with van der Waals surface area (Å²) >= 11 is 0. The number of nitrogens with one attached hydrogen (secondary N) is 1. The van der Waals surface area contributed by atoms with Crippen LogP contribution in [0.3, 0.4) is 0 Å². The molecule has 122 valence electrons. The molecule has 0 bridgehead atoms. The van der Waals surface area contributed by atoms with Crippen LogP contribution >= 0.6 is 0 Å². The summed E-state index contributed by atoms with van der Waals surface area (Å²) in [4.78, 5) is 30.7. The highest BCUT2D eigenvalue weighted by atomic mass is 19.3. The summed E-state index contributed by atoms with van der Waals surface area (Å²) in [5.74, 6) is -4.28. The molecule has 2 heterocycles. The SMILES string of the molecule is CC(F)(F)[C@@H]1CC[C@H](c2cc(=O)c3c(C(N)=O)nccc3[nH]2)C1. The second kappa shape index (κ2) is 5.40. The average molecular weight is 321 g/mol. The van der Waals surface area contributed by atoms with Gasteiger partial charge in [0.2, 0.25) is 5.92 Å². The van der Waals surface area contributed by atoms with Gasteiger partial charge in [0.05, 0.1) is 10.9 Å². The van der Waals surface area contributed by atoms with Crippen LogP contribution in [0.4, 0.5) is 8.78 Å². The Labute approximate surface area is 130 Å². The number of nitrogens with zero attached hydrogens (tertiary/aromatic N) is 1. The van der Waals surface area contributed by atoms with Gasteiger partial charge in [0.25, 0.3) is 5.91 Å². The van der Waals surface area contributed by atoms with Crippen molar-refractivity contribution in [2.45, 2.75) is 38.0 Å². The van der Waals surface area contributed by atoms with Crippen LogP contribution in [-0.4, -0.2) is 21.8 Å². The Hall–Kier alpha value is -2.31. The summed E-state index contributed by atoms with van der Waals surface area (Å²) in [5.41, 5.74) is 5.85. The Balaban J connectivity index is 2.02. The number of halogens is 2. The third-order valence-electron chi connectivity index (χ3n) is 4.59. The third kappa shape index (κ3) is 2.83. The first kappa shape index (κ1) is 15.6. The molecule has 1 aliphatic carbocycles.